The first-order valence-electron chi connectivity index (χ1n) is 14.1. The number of aromatic nitrogens is 3. The van der Waals surface area contributed by atoms with Crippen LogP contribution in [0.2, 0.25) is 0 Å². The fourth-order valence-electron chi connectivity index (χ4n) is 5.97. The highest BCUT2D eigenvalue weighted by Crippen LogP contribution is 2.38. The molecule has 1 saturated heterocycles. The highest BCUT2D eigenvalue weighted by molar-refractivity contribution is 6.08. The maximum Gasteiger partial charge on any atom is 0.435 e. The van der Waals surface area contributed by atoms with Gasteiger partial charge in [-0.05, 0) is 53.4 Å². The Morgan fingerprint density at radius 2 is 1.70 bits per heavy atom. The number of nitrogens with two attached hydrogens (primary N) is 1. The van der Waals surface area contributed by atoms with Crippen LogP contribution >= 0.6 is 0 Å². The van der Waals surface area contributed by atoms with E-state index in [9.17, 15) is 18.0 Å². The standard InChI is InChI=1S/C31H28F3N7O2/c32-31(33,34)28-24-11-14-40(30(42)27(24)41(37-28)22-9-10-26-25(17-22)29(35)38-43-26)21-7-5-19(6-8-21)23-4-2-1-3-20(23)18-39-15-12-36-13-16-39/h1-10,17,36H,11-16,18H2,(H2,35,38). The van der Waals surface area contributed by atoms with Gasteiger partial charge in [0.05, 0.1) is 11.1 Å². The lowest BCUT2D eigenvalue weighted by molar-refractivity contribution is -0.141. The Morgan fingerprint density at radius 3 is 2.47 bits per heavy atom. The van der Waals surface area contributed by atoms with Gasteiger partial charge in [0.2, 0.25) is 0 Å². The van der Waals surface area contributed by atoms with Crippen LogP contribution in [0.25, 0.3) is 27.8 Å². The van der Waals surface area contributed by atoms with Crippen molar-refractivity contribution >= 4 is 28.4 Å². The van der Waals surface area contributed by atoms with E-state index in [0.717, 1.165) is 48.5 Å². The summed E-state index contributed by atoms with van der Waals surface area (Å²) in [5, 5.41) is 11.4. The van der Waals surface area contributed by atoms with E-state index in [-0.39, 0.29) is 35.7 Å². The Hall–Kier alpha value is -4.68. The van der Waals surface area contributed by atoms with Gasteiger partial charge in [-0.3, -0.25) is 9.69 Å². The van der Waals surface area contributed by atoms with Crippen molar-refractivity contribution in [3.63, 3.8) is 0 Å². The Labute approximate surface area is 244 Å². The maximum atomic E-state index is 14.1. The molecule has 12 heteroatoms. The monoisotopic (exact) mass is 587 g/mol. The van der Waals surface area contributed by atoms with Crippen LogP contribution < -0.4 is 16.0 Å². The zero-order valence-electron chi connectivity index (χ0n) is 23.1. The van der Waals surface area contributed by atoms with Gasteiger partial charge in [-0.25, -0.2) is 4.68 Å². The molecular weight excluding hydrogens is 559 g/mol. The molecule has 1 fully saturated rings. The molecule has 7 rings (SSSR count). The molecule has 43 heavy (non-hydrogen) atoms. The van der Waals surface area contributed by atoms with Crippen molar-refractivity contribution in [3.8, 4) is 16.8 Å². The Kier molecular flexibility index (Phi) is 6.66. The normalized spacial score (nSPS) is 16.2. The number of nitrogens with zero attached hydrogens (tertiary/aromatic N) is 5. The van der Waals surface area contributed by atoms with E-state index in [0.29, 0.717) is 16.7 Å². The van der Waals surface area contributed by atoms with E-state index >= 15 is 0 Å². The molecule has 0 bridgehead atoms. The van der Waals surface area contributed by atoms with Gasteiger partial charge in [-0.1, -0.05) is 41.6 Å². The lowest BCUT2D eigenvalue weighted by Gasteiger charge is -2.29. The molecule has 0 radical (unpaired) electrons. The molecule has 0 aliphatic carbocycles. The molecule has 1 amide bonds. The molecule has 3 N–H and O–H groups in total. The van der Waals surface area contributed by atoms with E-state index in [4.69, 9.17) is 10.3 Å². The minimum atomic E-state index is -4.72. The van der Waals surface area contributed by atoms with E-state index < -0.39 is 17.8 Å². The molecule has 4 heterocycles. The smallest absolute Gasteiger partial charge is 0.380 e. The van der Waals surface area contributed by atoms with Crippen molar-refractivity contribution in [3.05, 3.63) is 89.2 Å². The summed E-state index contributed by atoms with van der Waals surface area (Å²) in [6.45, 7) is 4.84. The van der Waals surface area contributed by atoms with Crippen LogP contribution in [-0.4, -0.2) is 58.5 Å². The first kappa shape index (κ1) is 27.2. The molecular formula is C31H28F3N7O2. The Balaban J connectivity index is 1.22. The summed E-state index contributed by atoms with van der Waals surface area (Å²) in [6.07, 6.45) is -4.72. The molecule has 0 saturated carbocycles. The third kappa shape index (κ3) is 4.92. The molecule has 2 aliphatic heterocycles. The Morgan fingerprint density at radius 1 is 0.953 bits per heavy atom. The molecule has 5 aromatic rings. The summed E-state index contributed by atoms with van der Waals surface area (Å²) < 4.78 is 48.3. The van der Waals surface area contributed by atoms with Crippen molar-refractivity contribution in [1.82, 2.24) is 25.2 Å². The van der Waals surface area contributed by atoms with E-state index in [1.165, 1.54) is 22.6 Å². The summed E-state index contributed by atoms with van der Waals surface area (Å²) in [4.78, 5) is 17.8. The molecule has 0 spiro atoms. The number of nitrogens with one attached hydrogen (secondary N) is 1. The van der Waals surface area contributed by atoms with Crippen LogP contribution in [0.4, 0.5) is 24.7 Å². The number of amides is 1. The number of fused-ring (bicyclic) bond motifs is 2. The number of benzene rings is 3. The highest BCUT2D eigenvalue weighted by atomic mass is 19.4. The SMILES string of the molecule is Nc1noc2ccc(-n3nc(C(F)(F)F)c4c3C(=O)N(c3ccc(-c5ccccc5CN5CCNCC5)cc3)CC4)cc12. The zero-order chi connectivity index (χ0) is 29.7. The molecule has 3 aromatic carbocycles. The topological polar surface area (TPSA) is 105 Å². The number of piperazine rings is 1. The first-order chi connectivity index (χ1) is 20.8. The summed E-state index contributed by atoms with van der Waals surface area (Å²) in [7, 11) is 0. The van der Waals surface area contributed by atoms with Gasteiger partial charge in [-0.2, -0.15) is 18.3 Å². The highest BCUT2D eigenvalue weighted by Gasteiger charge is 2.43. The molecule has 220 valence electrons. The van der Waals surface area contributed by atoms with Crippen molar-refractivity contribution in [2.45, 2.75) is 19.1 Å². The minimum absolute atomic E-state index is 0.00282. The van der Waals surface area contributed by atoms with E-state index in [2.05, 4.69) is 32.6 Å². The van der Waals surface area contributed by atoms with Crippen LogP contribution in [0.3, 0.4) is 0 Å². The van der Waals surface area contributed by atoms with Crippen LogP contribution in [0.15, 0.2) is 71.3 Å². The number of hydrogen-bond donors (Lipinski definition) is 2. The Bertz CT molecular complexity index is 1820. The lowest BCUT2D eigenvalue weighted by Crippen LogP contribution is -2.42. The predicted molar refractivity (Wildman–Crippen MR) is 156 cm³/mol. The molecule has 0 unspecified atom stereocenters. The summed E-state index contributed by atoms with van der Waals surface area (Å²) in [5.41, 5.74) is 9.11. The third-order valence-corrected chi connectivity index (χ3v) is 8.12. The second-order valence-electron chi connectivity index (χ2n) is 10.8. The van der Waals surface area contributed by atoms with Gasteiger partial charge in [0.15, 0.2) is 17.1 Å². The lowest BCUT2D eigenvalue weighted by atomic mass is 9.98. The van der Waals surface area contributed by atoms with Gasteiger partial charge in [0, 0.05) is 50.5 Å². The second kappa shape index (κ2) is 10.5. The number of carbonyl (C=O) groups excluding carboxylic acids is 1. The van der Waals surface area contributed by atoms with Gasteiger partial charge in [0.1, 0.15) is 5.69 Å². The van der Waals surface area contributed by atoms with Gasteiger partial charge < -0.3 is 20.5 Å². The van der Waals surface area contributed by atoms with E-state index in [1.807, 2.05) is 36.4 Å². The fraction of sp³-hybridized carbons (Fsp3) is 0.258. The quantitative estimate of drug-likeness (QED) is 0.302. The van der Waals surface area contributed by atoms with Crippen molar-refractivity contribution in [2.75, 3.05) is 43.4 Å². The number of rotatable bonds is 5. The summed E-state index contributed by atoms with van der Waals surface area (Å²) >= 11 is 0. The van der Waals surface area contributed by atoms with E-state index in [1.54, 1.807) is 6.07 Å². The first-order valence-corrected chi connectivity index (χ1v) is 14.1. The van der Waals surface area contributed by atoms with Crippen molar-refractivity contribution < 1.29 is 22.5 Å². The molecule has 2 aliphatic rings. The number of halogens is 3. The summed E-state index contributed by atoms with van der Waals surface area (Å²) in [5.74, 6) is -0.467. The average Bonchev–Trinajstić information content (AvgIpc) is 3.60. The summed E-state index contributed by atoms with van der Waals surface area (Å²) in [6, 6.07) is 20.4. The number of hydrogen-bond acceptors (Lipinski definition) is 7. The minimum Gasteiger partial charge on any atom is -0.380 e. The largest absolute Gasteiger partial charge is 0.435 e. The number of alkyl halides is 3. The van der Waals surface area contributed by atoms with Crippen LogP contribution in [-0.2, 0) is 19.1 Å². The number of carbonyl (C=O) groups is 1. The number of anilines is 2. The molecule has 0 atom stereocenters. The third-order valence-electron chi connectivity index (χ3n) is 8.12. The molecule has 2 aromatic heterocycles. The van der Waals surface area contributed by atoms with Crippen LogP contribution in [0.5, 0.6) is 0 Å². The number of nitrogen functional groups attached to an aromatic ring is 1. The second-order valence-corrected chi connectivity index (χ2v) is 10.8. The fourth-order valence-corrected chi connectivity index (χ4v) is 5.97. The van der Waals surface area contributed by atoms with Gasteiger partial charge in [0.25, 0.3) is 5.91 Å². The zero-order valence-corrected chi connectivity index (χ0v) is 23.1. The van der Waals surface area contributed by atoms with Gasteiger partial charge >= 0.3 is 6.18 Å². The van der Waals surface area contributed by atoms with Gasteiger partial charge in [-0.15, -0.1) is 0 Å². The van der Waals surface area contributed by atoms with Crippen LogP contribution in [0.1, 0.15) is 27.3 Å². The molecule has 9 nitrogen and oxygen atoms in total. The average molecular weight is 588 g/mol. The predicted octanol–water partition coefficient (Wildman–Crippen LogP) is 4.89. The van der Waals surface area contributed by atoms with Crippen LogP contribution in [0, 0.1) is 0 Å². The van der Waals surface area contributed by atoms with Crippen molar-refractivity contribution in [2.24, 2.45) is 0 Å². The van der Waals surface area contributed by atoms with Crippen molar-refractivity contribution in [1.29, 1.82) is 0 Å². The maximum absolute atomic E-state index is 14.1.